The van der Waals surface area contributed by atoms with Crippen LogP contribution in [0.4, 0.5) is 0 Å². The average Bonchev–Trinajstić information content (AvgIpc) is 2.45. The van der Waals surface area contributed by atoms with Gasteiger partial charge in [0, 0.05) is 13.1 Å². The Kier molecular flexibility index (Phi) is 5.60. The van der Waals surface area contributed by atoms with Gasteiger partial charge in [0.15, 0.2) is 0 Å². The largest absolute Gasteiger partial charge is 0.342 e. The Labute approximate surface area is 122 Å². The molecule has 1 aromatic rings. The summed E-state index contributed by atoms with van der Waals surface area (Å²) in [5, 5.41) is 3.40. The van der Waals surface area contributed by atoms with Crippen LogP contribution in [0.1, 0.15) is 30.9 Å². The van der Waals surface area contributed by atoms with E-state index in [0.29, 0.717) is 6.42 Å². The summed E-state index contributed by atoms with van der Waals surface area (Å²) in [6.07, 6.45) is 2.80. The van der Waals surface area contributed by atoms with Crippen LogP contribution in [0.5, 0.6) is 0 Å². The number of piperidine rings is 1. The van der Waals surface area contributed by atoms with E-state index >= 15 is 0 Å². The first-order chi connectivity index (χ1) is 9.69. The van der Waals surface area contributed by atoms with Crippen LogP contribution in [0.3, 0.4) is 0 Å². The van der Waals surface area contributed by atoms with Crippen molar-refractivity contribution in [2.24, 2.45) is 5.92 Å². The number of rotatable bonds is 5. The van der Waals surface area contributed by atoms with Crippen molar-refractivity contribution in [3.05, 3.63) is 35.4 Å². The normalized spacial score (nSPS) is 16.4. The van der Waals surface area contributed by atoms with E-state index in [1.807, 2.05) is 17.0 Å². The van der Waals surface area contributed by atoms with Gasteiger partial charge in [-0.1, -0.05) is 36.8 Å². The van der Waals surface area contributed by atoms with Gasteiger partial charge >= 0.3 is 0 Å². The molecule has 0 radical (unpaired) electrons. The first-order valence-electron chi connectivity index (χ1n) is 7.73. The van der Waals surface area contributed by atoms with Crippen molar-refractivity contribution >= 4 is 5.91 Å². The highest BCUT2D eigenvalue weighted by Crippen LogP contribution is 2.17. The van der Waals surface area contributed by atoms with Crippen LogP contribution in [-0.2, 0) is 11.2 Å². The number of nitrogens with one attached hydrogen (secondary N) is 1. The van der Waals surface area contributed by atoms with Crippen LogP contribution >= 0.6 is 0 Å². The number of nitrogens with zero attached hydrogens (tertiary/aromatic N) is 1. The van der Waals surface area contributed by atoms with Crippen LogP contribution in [0.15, 0.2) is 24.3 Å². The van der Waals surface area contributed by atoms with E-state index in [1.165, 1.54) is 5.56 Å². The van der Waals surface area contributed by atoms with Crippen molar-refractivity contribution in [2.45, 2.75) is 33.1 Å². The van der Waals surface area contributed by atoms with E-state index in [0.717, 1.165) is 50.5 Å². The lowest BCUT2D eigenvalue weighted by molar-refractivity contribution is -0.131. The maximum atomic E-state index is 12.3. The summed E-state index contributed by atoms with van der Waals surface area (Å²) in [5.41, 5.74) is 2.35. The maximum Gasteiger partial charge on any atom is 0.226 e. The standard InChI is InChI=1S/C17H26N2O/c1-3-18-13-15-7-9-19(10-8-15)17(20)12-16-6-4-5-14(2)11-16/h4-6,11,15,18H,3,7-10,12-13H2,1-2H3. The predicted molar refractivity (Wildman–Crippen MR) is 82.7 cm³/mol. The molecule has 1 heterocycles. The second kappa shape index (κ2) is 7.44. The number of aryl methyl sites for hydroxylation is 1. The van der Waals surface area contributed by atoms with E-state index in [4.69, 9.17) is 0 Å². The topological polar surface area (TPSA) is 32.3 Å². The molecule has 110 valence electrons. The highest BCUT2D eigenvalue weighted by Gasteiger charge is 2.22. The van der Waals surface area contributed by atoms with E-state index in [2.05, 4.69) is 31.3 Å². The Morgan fingerprint density at radius 2 is 2.10 bits per heavy atom. The minimum atomic E-state index is 0.275. The van der Waals surface area contributed by atoms with Gasteiger partial charge in [-0.25, -0.2) is 0 Å². The molecular weight excluding hydrogens is 248 g/mol. The third-order valence-corrected chi connectivity index (χ3v) is 4.09. The molecule has 1 amide bonds. The molecule has 2 rings (SSSR count). The molecule has 1 aliphatic rings. The van der Waals surface area contributed by atoms with Gasteiger partial charge in [-0.3, -0.25) is 4.79 Å². The van der Waals surface area contributed by atoms with Crippen molar-refractivity contribution < 1.29 is 4.79 Å². The summed E-state index contributed by atoms with van der Waals surface area (Å²) >= 11 is 0. The molecule has 0 aromatic heterocycles. The number of hydrogen-bond acceptors (Lipinski definition) is 2. The van der Waals surface area contributed by atoms with Crippen LogP contribution in [-0.4, -0.2) is 37.0 Å². The average molecular weight is 274 g/mol. The Morgan fingerprint density at radius 3 is 2.75 bits per heavy atom. The van der Waals surface area contributed by atoms with Crippen LogP contribution < -0.4 is 5.32 Å². The van der Waals surface area contributed by atoms with E-state index in [1.54, 1.807) is 0 Å². The number of hydrogen-bond donors (Lipinski definition) is 1. The summed E-state index contributed by atoms with van der Waals surface area (Å²) in [7, 11) is 0. The fourth-order valence-corrected chi connectivity index (χ4v) is 2.84. The number of carbonyl (C=O) groups is 1. The molecule has 3 heteroatoms. The van der Waals surface area contributed by atoms with Gasteiger partial charge in [0.25, 0.3) is 0 Å². The molecule has 20 heavy (non-hydrogen) atoms. The zero-order chi connectivity index (χ0) is 14.4. The second-order valence-corrected chi connectivity index (χ2v) is 5.80. The molecule has 1 aromatic carbocycles. The number of likely N-dealkylation sites (tertiary alicyclic amines) is 1. The van der Waals surface area contributed by atoms with Gasteiger partial charge in [-0.2, -0.15) is 0 Å². The Bertz CT molecular complexity index is 436. The molecule has 1 N–H and O–H groups in total. The number of benzene rings is 1. The lowest BCUT2D eigenvalue weighted by Gasteiger charge is -2.32. The van der Waals surface area contributed by atoms with Gasteiger partial charge in [0.2, 0.25) is 5.91 Å². The van der Waals surface area contributed by atoms with Gasteiger partial charge in [0.05, 0.1) is 6.42 Å². The van der Waals surface area contributed by atoms with Crippen LogP contribution in [0, 0.1) is 12.8 Å². The van der Waals surface area contributed by atoms with Crippen LogP contribution in [0.2, 0.25) is 0 Å². The Balaban J connectivity index is 1.80. The molecule has 1 aliphatic heterocycles. The molecule has 1 saturated heterocycles. The minimum absolute atomic E-state index is 0.275. The summed E-state index contributed by atoms with van der Waals surface area (Å²) in [6.45, 7) is 8.17. The molecule has 0 atom stereocenters. The Morgan fingerprint density at radius 1 is 1.35 bits per heavy atom. The molecule has 0 saturated carbocycles. The highest BCUT2D eigenvalue weighted by atomic mass is 16.2. The molecule has 0 unspecified atom stereocenters. The zero-order valence-corrected chi connectivity index (χ0v) is 12.7. The quantitative estimate of drug-likeness (QED) is 0.894. The van der Waals surface area contributed by atoms with Crippen molar-refractivity contribution in [1.29, 1.82) is 0 Å². The third kappa shape index (κ3) is 4.34. The predicted octanol–water partition coefficient (Wildman–Crippen LogP) is 2.39. The first-order valence-corrected chi connectivity index (χ1v) is 7.73. The van der Waals surface area contributed by atoms with Crippen LogP contribution in [0.25, 0.3) is 0 Å². The fourth-order valence-electron chi connectivity index (χ4n) is 2.84. The van der Waals surface area contributed by atoms with Gasteiger partial charge in [-0.15, -0.1) is 0 Å². The molecule has 1 fully saturated rings. The molecular formula is C17H26N2O. The summed E-state index contributed by atoms with van der Waals surface area (Å²) in [4.78, 5) is 14.3. The minimum Gasteiger partial charge on any atom is -0.342 e. The lowest BCUT2D eigenvalue weighted by atomic mass is 9.96. The third-order valence-electron chi connectivity index (χ3n) is 4.09. The summed E-state index contributed by atoms with van der Waals surface area (Å²) < 4.78 is 0. The van der Waals surface area contributed by atoms with Crippen molar-refractivity contribution in [1.82, 2.24) is 10.2 Å². The van der Waals surface area contributed by atoms with E-state index in [9.17, 15) is 4.79 Å². The monoisotopic (exact) mass is 274 g/mol. The summed E-state index contributed by atoms with van der Waals surface area (Å²) in [5.74, 6) is 1.01. The fraction of sp³-hybridized carbons (Fsp3) is 0.588. The first kappa shape index (κ1) is 15.0. The second-order valence-electron chi connectivity index (χ2n) is 5.80. The zero-order valence-electron chi connectivity index (χ0n) is 12.7. The summed E-state index contributed by atoms with van der Waals surface area (Å²) in [6, 6.07) is 8.25. The van der Waals surface area contributed by atoms with Gasteiger partial charge < -0.3 is 10.2 Å². The van der Waals surface area contributed by atoms with E-state index in [-0.39, 0.29) is 5.91 Å². The molecule has 0 bridgehead atoms. The van der Waals surface area contributed by atoms with Gasteiger partial charge in [0.1, 0.15) is 0 Å². The molecule has 3 nitrogen and oxygen atoms in total. The van der Waals surface area contributed by atoms with E-state index < -0.39 is 0 Å². The number of amides is 1. The highest BCUT2D eigenvalue weighted by molar-refractivity contribution is 5.78. The SMILES string of the molecule is CCNCC1CCN(C(=O)Cc2cccc(C)c2)CC1. The lowest BCUT2D eigenvalue weighted by Crippen LogP contribution is -2.41. The molecule has 0 aliphatic carbocycles. The van der Waals surface area contributed by atoms with Crippen molar-refractivity contribution in [3.8, 4) is 0 Å². The maximum absolute atomic E-state index is 12.3. The number of carbonyl (C=O) groups excluding carboxylic acids is 1. The van der Waals surface area contributed by atoms with Gasteiger partial charge in [-0.05, 0) is 44.3 Å². The Hall–Kier alpha value is -1.35. The smallest absolute Gasteiger partial charge is 0.226 e. The molecule has 0 spiro atoms. The van der Waals surface area contributed by atoms with Crippen molar-refractivity contribution in [3.63, 3.8) is 0 Å². The van der Waals surface area contributed by atoms with Crippen molar-refractivity contribution in [2.75, 3.05) is 26.2 Å².